The van der Waals surface area contributed by atoms with Crippen molar-refractivity contribution in [2.45, 2.75) is 39.7 Å². The van der Waals surface area contributed by atoms with E-state index >= 15 is 0 Å². The predicted octanol–water partition coefficient (Wildman–Crippen LogP) is 1.85. The SMILES string of the molecule is CN(CCC1(C)CNC1)C(=O)OC(C)(C)C. The van der Waals surface area contributed by atoms with Crippen LogP contribution in [0.25, 0.3) is 0 Å². The van der Waals surface area contributed by atoms with Crippen LogP contribution in [-0.2, 0) is 4.74 Å². The van der Waals surface area contributed by atoms with Gasteiger partial charge < -0.3 is 15.0 Å². The minimum atomic E-state index is -0.409. The van der Waals surface area contributed by atoms with Crippen LogP contribution in [0.4, 0.5) is 4.79 Å². The summed E-state index contributed by atoms with van der Waals surface area (Å²) in [6.07, 6.45) is 0.791. The van der Waals surface area contributed by atoms with E-state index in [-0.39, 0.29) is 6.09 Å². The Labute approximate surface area is 98.3 Å². The van der Waals surface area contributed by atoms with Gasteiger partial charge in [0.05, 0.1) is 0 Å². The molecule has 0 aromatic carbocycles. The van der Waals surface area contributed by atoms with Gasteiger partial charge in [0.1, 0.15) is 5.60 Å². The molecule has 0 bridgehead atoms. The van der Waals surface area contributed by atoms with Crippen molar-refractivity contribution in [3.63, 3.8) is 0 Å². The fourth-order valence-corrected chi connectivity index (χ4v) is 1.60. The van der Waals surface area contributed by atoms with Gasteiger partial charge >= 0.3 is 6.09 Å². The van der Waals surface area contributed by atoms with E-state index in [4.69, 9.17) is 4.74 Å². The lowest BCUT2D eigenvalue weighted by Crippen LogP contribution is -2.52. The summed E-state index contributed by atoms with van der Waals surface area (Å²) in [5, 5.41) is 3.26. The molecule has 1 rings (SSSR count). The van der Waals surface area contributed by atoms with Crippen LogP contribution in [0.5, 0.6) is 0 Å². The summed E-state index contributed by atoms with van der Waals surface area (Å²) >= 11 is 0. The van der Waals surface area contributed by atoms with E-state index in [1.165, 1.54) is 0 Å². The topological polar surface area (TPSA) is 41.6 Å². The lowest BCUT2D eigenvalue weighted by Gasteiger charge is -2.40. The summed E-state index contributed by atoms with van der Waals surface area (Å²) in [5.74, 6) is 0. The van der Waals surface area contributed by atoms with Crippen molar-refractivity contribution in [2.24, 2.45) is 5.41 Å². The van der Waals surface area contributed by atoms with E-state index in [1.807, 2.05) is 20.8 Å². The monoisotopic (exact) mass is 228 g/mol. The van der Waals surface area contributed by atoms with Crippen LogP contribution in [0.3, 0.4) is 0 Å². The Morgan fingerprint density at radius 2 is 2.00 bits per heavy atom. The summed E-state index contributed by atoms with van der Waals surface area (Å²) in [6, 6.07) is 0. The van der Waals surface area contributed by atoms with Crippen LogP contribution in [-0.4, -0.2) is 43.3 Å². The van der Waals surface area contributed by atoms with Gasteiger partial charge in [-0.15, -0.1) is 0 Å². The minimum absolute atomic E-state index is 0.233. The molecule has 0 spiro atoms. The molecule has 1 N–H and O–H groups in total. The second kappa shape index (κ2) is 4.62. The Kier molecular flexibility index (Phi) is 3.84. The highest BCUT2D eigenvalue weighted by atomic mass is 16.6. The van der Waals surface area contributed by atoms with Crippen LogP contribution >= 0.6 is 0 Å². The minimum Gasteiger partial charge on any atom is -0.444 e. The van der Waals surface area contributed by atoms with E-state index in [1.54, 1.807) is 11.9 Å². The molecule has 1 aliphatic heterocycles. The highest BCUT2D eigenvalue weighted by molar-refractivity contribution is 5.67. The summed E-state index contributed by atoms with van der Waals surface area (Å²) in [7, 11) is 1.80. The Bertz CT molecular complexity index is 254. The third kappa shape index (κ3) is 4.00. The van der Waals surface area contributed by atoms with E-state index in [0.29, 0.717) is 5.41 Å². The molecule has 1 heterocycles. The number of nitrogens with zero attached hydrogens (tertiary/aromatic N) is 1. The fourth-order valence-electron chi connectivity index (χ4n) is 1.60. The van der Waals surface area contributed by atoms with E-state index in [2.05, 4.69) is 12.2 Å². The van der Waals surface area contributed by atoms with Crippen molar-refractivity contribution in [2.75, 3.05) is 26.7 Å². The van der Waals surface area contributed by atoms with E-state index in [9.17, 15) is 4.79 Å². The van der Waals surface area contributed by atoms with Gasteiger partial charge in [-0.25, -0.2) is 4.79 Å². The molecular formula is C12H24N2O2. The maximum Gasteiger partial charge on any atom is 0.410 e. The summed E-state index contributed by atoms with van der Waals surface area (Å²) in [6.45, 7) is 10.8. The molecule has 0 saturated carbocycles. The van der Waals surface area contributed by atoms with Crippen LogP contribution in [0.15, 0.2) is 0 Å². The molecule has 94 valence electrons. The van der Waals surface area contributed by atoms with Crippen molar-refractivity contribution in [1.29, 1.82) is 0 Å². The van der Waals surface area contributed by atoms with E-state index in [0.717, 1.165) is 26.1 Å². The summed E-state index contributed by atoms with van der Waals surface area (Å²) in [4.78, 5) is 13.3. The molecule has 0 aliphatic carbocycles. The number of ether oxygens (including phenoxy) is 1. The van der Waals surface area contributed by atoms with Gasteiger partial charge in [0.25, 0.3) is 0 Å². The molecule has 1 saturated heterocycles. The number of carbonyl (C=O) groups excluding carboxylic acids is 1. The highest BCUT2D eigenvalue weighted by Crippen LogP contribution is 2.25. The van der Waals surface area contributed by atoms with Gasteiger partial charge in [-0.3, -0.25) is 0 Å². The third-order valence-corrected chi connectivity index (χ3v) is 2.86. The van der Waals surface area contributed by atoms with Crippen molar-refractivity contribution >= 4 is 6.09 Å². The normalized spacial score (nSPS) is 18.8. The fraction of sp³-hybridized carbons (Fsp3) is 0.917. The zero-order valence-corrected chi connectivity index (χ0v) is 11.1. The van der Waals surface area contributed by atoms with Crippen LogP contribution in [0, 0.1) is 5.41 Å². The van der Waals surface area contributed by atoms with Gasteiger partial charge in [-0.1, -0.05) is 6.92 Å². The Morgan fingerprint density at radius 1 is 1.44 bits per heavy atom. The third-order valence-electron chi connectivity index (χ3n) is 2.86. The first-order valence-electron chi connectivity index (χ1n) is 5.87. The Hall–Kier alpha value is -0.770. The number of amides is 1. The molecule has 0 aromatic heterocycles. The first kappa shape index (κ1) is 13.3. The zero-order valence-electron chi connectivity index (χ0n) is 11.1. The van der Waals surface area contributed by atoms with Crippen LogP contribution in [0.1, 0.15) is 34.1 Å². The number of hydrogen-bond donors (Lipinski definition) is 1. The smallest absolute Gasteiger partial charge is 0.410 e. The van der Waals surface area contributed by atoms with Crippen LogP contribution in [0.2, 0.25) is 0 Å². The highest BCUT2D eigenvalue weighted by Gasteiger charge is 2.32. The average molecular weight is 228 g/mol. The first-order valence-corrected chi connectivity index (χ1v) is 5.87. The lowest BCUT2D eigenvalue weighted by molar-refractivity contribution is 0.0265. The number of hydrogen-bond acceptors (Lipinski definition) is 3. The molecule has 1 aliphatic rings. The van der Waals surface area contributed by atoms with Crippen molar-refractivity contribution in [1.82, 2.24) is 10.2 Å². The van der Waals surface area contributed by atoms with Crippen molar-refractivity contribution in [3.05, 3.63) is 0 Å². The molecule has 1 fully saturated rings. The Balaban J connectivity index is 2.29. The van der Waals surface area contributed by atoms with E-state index < -0.39 is 5.60 Å². The Morgan fingerprint density at radius 3 is 2.38 bits per heavy atom. The number of nitrogens with one attached hydrogen (secondary N) is 1. The zero-order chi connectivity index (χ0) is 12.4. The quantitative estimate of drug-likeness (QED) is 0.801. The summed E-state index contributed by atoms with van der Waals surface area (Å²) in [5.41, 5.74) is -0.0520. The number of rotatable bonds is 3. The number of carbonyl (C=O) groups is 1. The van der Waals surface area contributed by atoms with Gasteiger partial charge in [0.2, 0.25) is 0 Å². The van der Waals surface area contributed by atoms with Crippen molar-refractivity contribution in [3.8, 4) is 0 Å². The molecule has 4 heteroatoms. The molecule has 0 atom stereocenters. The second-order valence-electron chi connectivity index (χ2n) is 6.07. The molecule has 1 amide bonds. The second-order valence-corrected chi connectivity index (χ2v) is 6.07. The van der Waals surface area contributed by atoms with Crippen molar-refractivity contribution < 1.29 is 9.53 Å². The molecule has 0 unspecified atom stereocenters. The van der Waals surface area contributed by atoms with Gasteiger partial charge in [-0.05, 0) is 32.6 Å². The molecule has 0 radical (unpaired) electrons. The molecule has 0 aromatic rings. The lowest BCUT2D eigenvalue weighted by atomic mass is 9.81. The molecule has 16 heavy (non-hydrogen) atoms. The molecule has 4 nitrogen and oxygen atoms in total. The average Bonchev–Trinajstić information content (AvgIpc) is 2.08. The molecular weight excluding hydrogens is 204 g/mol. The first-order chi connectivity index (χ1) is 7.22. The maximum atomic E-state index is 11.7. The maximum absolute atomic E-state index is 11.7. The predicted molar refractivity (Wildman–Crippen MR) is 64.5 cm³/mol. The standard InChI is InChI=1S/C12H24N2O2/c1-11(2,3)16-10(15)14(5)7-6-12(4)8-13-9-12/h13H,6-9H2,1-5H3. The van der Waals surface area contributed by atoms with Gasteiger partial charge in [-0.2, -0.15) is 0 Å². The van der Waals surface area contributed by atoms with Gasteiger partial charge in [0.15, 0.2) is 0 Å². The summed E-state index contributed by atoms with van der Waals surface area (Å²) < 4.78 is 5.29. The van der Waals surface area contributed by atoms with Gasteiger partial charge in [0, 0.05) is 26.7 Å². The van der Waals surface area contributed by atoms with Crippen LogP contribution < -0.4 is 5.32 Å². The largest absolute Gasteiger partial charge is 0.444 e.